The Bertz CT molecular complexity index is 2210. The maximum atomic E-state index is 14.4. The number of aliphatic hydroxyl groups is 2. The molecule has 4 amide bonds. The standard InChI is InChI=1S/C56H82N4O16/c1-29(2)48(58-45(64)16-19-60-46(65)12-13-47(60)66)54(68)59-55(6,28-61)27-57-26-34(63)24-44-50(69-7)38-23-33(62)22-36-9-11-40-52(72-36)53-49(67)51(74-40)41-15-18-56(75-41,76-53)17-14-37-21-31(4)39(70-37)10-8-35-20-30(3)32(5)42(71-35)25-43(38)73-44/h12-13,28-30,34-44,48-53,57,63,67H,4-5,8-11,14-27H2,1-3,6-7H3,(H,58,64)(H,59,68)/t30-,34+,35+,36-,37+,38+,39+,40+,41+,42?,43+,44-,48+,49-,50-,51?,52+,53-,55?,56+/m1/s1. The maximum absolute atomic E-state index is 14.4. The largest absolute Gasteiger partial charge is 0.392 e. The van der Waals surface area contributed by atoms with Gasteiger partial charge in [0.25, 0.3) is 11.8 Å². The van der Waals surface area contributed by atoms with E-state index in [1.807, 2.05) is 0 Å². The third-order valence-corrected chi connectivity index (χ3v) is 17.7. The van der Waals surface area contributed by atoms with Gasteiger partial charge < -0.3 is 68.9 Å². The molecule has 9 rings (SSSR count). The molecule has 8 fully saturated rings. The maximum Gasteiger partial charge on any atom is 0.253 e. The third kappa shape index (κ3) is 12.6. The Morgan fingerprint density at radius 3 is 2.33 bits per heavy atom. The van der Waals surface area contributed by atoms with Crippen molar-refractivity contribution in [1.82, 2.24) is 20.9 Å². The minimum Gasteiger partial charge on any atom is -0.392 e. The van der Waals surface area contributed by atoms with E-state index in [-0.39, 0.29) is 99.6 Å². The molecule has 0 radical (unpaired) electrons. The topological polar surface area (TPSA) is 256 Å². The third-order valence-electron chi connectivity index (χ3n) is 17.7. The summed E-state index contributed by atoms with van der Waals surface area (Å²) >= 11 is 0. The molecule has 3 unspecified atom stereocenters. The Morgan fingerprint density at radius 1 is 0.868 bits per heavy atom. The van der Waals surface area contributed by atoms with Gasteiger partial charge in [0, 0.05) is 89.8 Å². The van der Waals surface area contributed by atoms with E-state index in [1.54, 1.807) is 21.0 Å². The highest BCUT2D eigenvalue weighted by atomic mass is 16.7. The first-order valence-electron chi connectivity index (χ1n) is 28.0. The van der Waals surface area contributed by atoms with Crippen LogP contribution in [0.3, 0.4) is 0 Å². The number of hydrogen-bond donors (Lipinski definition) is 5. The number of carbonyl (C=O) groups excluding carboxylic acids is 6. The van der Waals surface area contributed by atoms with Crippen LogP contribution in [0.25, 0.3) is 0 Å². The van der Waals surface area contributed by atoms with Crippen LogP contribution in [0.1, 0.15) is 124 Å². The lowest BCUT2D eigenvalue weighted by Gasteiger charge is -2.49. The van der Waals surface area contributed by atoms with Gasteiger partial charge in [-0.2, -0.15) is 0 Å². The molecule has 8 saturated heterocycles. The zero-order valence-corrected chi connectivity index (χ0v) is 44.9. The summed E-state index contributed by atoms with van der Waals surface area (Å²) in [5.74, 6) is -3.76. The van der Waals surface area contributed by atoms with Crippen molar-refractivity contribution in [2.75, 3.05) is 26.7 Å². The highest BCUT2D eigenvalue weighted by molar-refractivity contribution is 6.13. The van der Waals surface area contributed by atoms with E-state index in [0.717, 1.165) is 53.9 Å². The molecule has 0 aromatic heterocycles. The van der Waals surface area contributed by atoms with E-state index in [0.29, 0.717) is 51.2 Å². The molecule has 0 aromatic rings. The first-order valence-corrected chi connectivity index (χ1v) is 28.0. The fourth-order valence-electron chi connectivity index (χ4n) is 13.4. The Hall–Kier alpha value is -3.80. The van der Waals surface area contributed by atoms with Crippen LogP contribution in [-0.4, -0.2) is 186 Å². The minimum absolute atomic E-state index is 0.00949. The van der Waals surface area contributed by atoms with Crippen LogP contribution in [0.2, 0.25) is 0 Å². The van der Waals surface area contributed by atoms with E-state index in [9.17, 15) is 39.0 Å². The number of nitrogens with zero attached hydrogens (tertiary/aromatic N) is 1. The van der Waals surface area contributed by atoms with Gasteiger partial charge in [0.05, 0.1) is 67.1 Å². The van der Waals surface area contributed by atoms with Crippen LogP contribution >= 0.6 is 0 Å². The lowest BCUT2D eigenvalue weighted by molar-refractivity contribution is -0.299. The van der Waals surface area contributed by atoms with Gasteiger partial charge in [-0.1, -0.05) is 33.9 Å². The van der Waals surface area contributed by atoms with Gasteiger partial charge in [0.15, 0.2) is 5.79 Å². The van der Waals surface area contributed by atoms with Crippen molar-refractivity contribution in [3.8, 4) is 0 Å². The zero-order chi connectivity index (χ0) is 54.2. The van der Waals surface area contributed by atoms with Crippen molar-refractivity contribution in [3.05, 3.63) is 36.5 Å². The Kier molecular flexibility index (Phi) is 17.9. The number of ketones is 1. The average Bonchev–Trinajstić information content (AvgIpc) is 4.12. The molecule has 5 N–H and O–H groups in total. The second-order valence-electron chi connectivity index (χ2n) is 23.8. The SMILES string of the molecule is C=C1C2C[C@@H]3O[C@H](C[C@H](O)CNCC(C)(C=O)NC(=O)[C@@H](NC(=O)CCN4C(=O)C=CC4=O)C(C)C)[C@H](OC)[C@H]3CC(=O)C[C@H]3CC[C@@H]4OC5[C@@H]6CC[C@](CC[C@H]7CC(=C)[C@H](CC[C@@H](C[C@H]1C)O2)O7)(O[C@@H]([C@H]4O3)[C@@H]5O)O6. The number of rotatable bonds is 15. The van der Waals surface area contributed by atoms with Crippen molar-refractivity contribution >= 4 is 35.7 Å². The summed E-state index contributed by atoms with van der Waals surface area (Å²) in [5.41, 5.74) is 0.588. The number of fused-ring (bicyclic) bond motifs is 9. The van der Waals surface area contributed by atoms with Gasteiger partial charge in [0.1, 0.15) is 48.1 Å². The van der Waals surface area contributed by atoms with Crippen LogP contribution in [-0.2, 0) is 66.7 Å². The molecular weight excluding hydrogens is 985 g/mol. The van der Waals surface area contributed by atoms with Crippen molar-refractivity contribution in [2.24, 2.45) is 17.8 Å². The predicted molar refractivity (Wildman–Crippen MR) is 272 cm³/mol. The summed E-state index contributed by atoms with van der Waals surface area (Å²) in [6, 6.07) is -1.03. The molecule has 422 valence electrons. The number of hydrogen-bond acceptors (Lipinski definition) is 17. The zero-order valence-electron chi connectivity index (χ0n) is 44.9. The fraction of sp³-hybridized carbons (Fsp3) is 0.786. The summed E-state index contributed by atoms with van der Waals surface area (Å²) in [5, 5.41) is 31.8. The fourth-order valence-corrected chi connectivity index (χ4v) is 13.4. The molecule has 10 bridgehead atoms. The molecule has 0 aliphatic carbocycles. The number of ether oxygens (including phenoxy) is 8. The molecular formula is C56H82N4O16. The number of nitrogens with one attached hydrogen (secondary N) is 3. The number of carbonyl (C=O) groups is 6. The Balaban J connectivity index is 0.860. The summed E-state index contributed by atoms with van der Waals surface area (Å²) < 4.78 is 53.5. The van der Waals surface area contributed by atoms with Crippen molar-refractivity contribution < 1.29 is 76.9 Å². The highest BCUT2D eigenvalue weighted by Crippen LogP contribution is 2.49. The first-order chi connectivity index (χ1) is 36.2. The molecule has 20 heteroatoms. The summed E-state index contributed by atoms with van der Waals surface area (Å²) in [7, 11) is 1.58. The number of Topliss-reactive ketones (excluding diaryl/α,β-unsaturated/α-hetero) is 1. The molecule has 9 aliphatic rings. The molecule has 0 aromatic carbocycles. The van der Waals surface area contributed by atoms with Gasteiger partial charge in [-0.3, -0.25) is 28.9 Å². The minimum atomic E-state index is -1.44. The monoisotopic (exact) mass is 1070 g/mol. The number of amides is 4. The van der Waals surface area contributed by atoms with Gasteiger partial charge in [0.2, 0.25) is 11.8 Å². The van der Waals surface area contributed by atoms with Crippen LogP contribution in [0.4, 0.5) is 0 Å². The Morgan fingerprint density at radius 2 is 1.59 bits per heavy atom. The molecule has 76 heavy (non-hydrogen) atoms. The quantitative estimate of drug-likeness (QED) is 0.0898. The summed E-state index contributed by atoms with van der Waals surface area (Å²) in [6.07, 6.45) is 3.22. The summed E-state index contributed by atoms with van der Waals surface area (Å²) in [6.45, 7) is 15.9. The highest BCUT2D eigenvalue weighted by Gasteiger charge is 2.60. The molecule has 9 heterocycles. The molecule has 9 aliphatic heterocycles. The van der Waals surface area contributed by atoms with Gasteiger partial charge in [-0.15, -0.1) is 0 Å². The number of methoxy groups -OCH3 is 1. The van der Waals surface area contributed by atoms with E-state index < -0.39 is 102 Å². The molecule has 1 spiro atoms. The molecule has 20 atom stereocenters. The van der Waals surface area contributed by atoms with Gasteiger partial charge in [-0.25, -0.2) is 0 Å². The molecule has 20 nitrogen and oxygen atoms in total. The van der Waals surface area contributed by atoms with E-state index in [2.05, 4.69) is 36.0 Å². The van der Waals surface area contributed by atoms with E-state index in [4.69, 9.17) is 37.9 Å². The number of aldehydes is 1. The van der Waals surface area contributed by atoms with Gasteiger partial charge in [-0.05, 0) is 81.3 Å². The smallest absolute Gasteiger partial charge is 0.253 e. The van der Waals surface area contributed by atoms with Crippen LogP contribution in [0.5, 0.6) is 0 Å². The van der Waals surface area contributed by atoms with Crippen LogP contribution in [0.15, 0.2) is 36.5 Å². The van der Waals surface area contributed by atoms with E-state index >= 15 is 0 Å². The van der Waals surface area contributed by atoms with Crippen LogP contribution in [0, 0.1) is 17.8 Å². The van der Waals surface area contributed by atoms with Crippen molar-refractivity contribution in [1.29, 1.82) is 0 Å². The lowest BCUT2D eigenvalue weighted by Crippen LogP contribution is -2.63. The number of aliphatic hydroxyl groups excluding tert-OH is 2. The summed E-state index contributed by atoms with van der Waals surface area (Å²) in [4.78, 5) is 78.2. The second kappa shape index (κ2) is 23.9. The van der Waals surface area contributed by atoms with Crippen LogP contribution < -0.4 is 16.0 Å². The van der Waals surface area contributed by atoms with Crippen molar-refractivity contribution in [3.63, 3.8) is 0 Å². The molecule has 0 saturated carbocycles. The van der Waals surface area contributed by atoms with Gasteiger partial charge >= 0.3 is 0 Å². The average molecular weight is 1070 g/mol. The second-order valence-corrected chi connectivity index (χ2v) is 23.8. The van der Waals surface area contributed by atoms with Crippen molar-refractivity contribution in [2.45, 2.75) is 233 Å². The number of imide groups is 1. The first kappa shape index (κ1) is 56.9. The lowest BCUT2D eigenvalue weighted by atomic mass is 9.81. The normalized spacial score (nSPS) is 40.3. The van der Waals surface area contributed by atoms with E-state index in [1.165, 1.54) is 6.92 Å². The predicted octanol–water partition coefficient (Wildman–Crippen LogP) is 2.58. The Labute approximate surface area is 446 Å².